The lowest BCUT2D eigenvalue weighted by Crippen LogP contribution is -2.55. The molecule has 1 heterocycles. The number of para-hydroxylation sites is 1. The quantitative estimate of drug-likeness (QED) is 0.182. The standard InChI is InChI=1S/C47H37N/c1-2-8-37-32(7-1)24-33-14-13-30(25-41(33)37)31-15-18-46-42(26-31)40-10-4-6-12-45(40)48(46)36-16-17-39-38-9-3-5-11-43(38)47(44(39)27-36)34-20-28-19-29(22-34)23-35(47)21-28/h1-18,25-29,34-35H,19-24H2. The summed E-state index contributed by atoms with van der Waals surface area (Å²) in [5.74, 6) is 3.44. The van der Waals surface area contributed by atoms with Gasteiger partial charge in [0.1, 0.15) is 0 Å². The predicted octanol–water partition coefficient (Wildman–Crippen LogP) is 11.7. The monoisotopic (exact) mass is 615 g/mol. The molecule has 0 aliphatic heterocycles. The van der Waals surface area contributed by atoms with E-state index in [1.54, 1.807) is 11.1 Å². The third-order valence-corrected chi connectivity index (χ3v) is 13.6. The molecule has 1 spiro atoms. The van der Waals surface area contributed by atoms with Gasteiger partial charge in [-0.25, -0.2) is 0 Å². The van der Waals surface area contributed by atoms with E-state index in [2.05, 4.69) is 132 Å². The Balaban J connectivity index is 1.04. The maximum atomic E-state index is 2.63. The Labute approximate surface area is 281 Å². The van der Waals surface area contributed by atoms with Crippen LogP contribution in [0.2, 0.25) is 0 Å². The van der Waals surface area contributed by atoms with E-state index in [0.29, 0.717) is 0 Å². The summed E-state index contributed by atoms with van der Waals surface area (Å²) >= 11 is 0. The molecule has 0 radical (unpaired) electrons. The minimum atomic E-state index is 0.174. The highest BCUT2D eigenvalue weighted by Crippen LogP contribution is 2.69. The summed E-state index contributed by atoms with van der Waals surface area (Å²) in [5.41, 5.74) is 18.6. The van der Waals surface area contributed by atoms with Gasteiger partial charge in [-0.15, -0.1) is 0 Å². The molecule has 4 fully saturated rings. The highest BCUT2D eigenvalue weighted by molar-refractivity contribution is 6.10. The molecule has 1 nitrogen and oxygen atoms in total. The fourth-order valence-electron chi connectivity index (χ4n) is 12.0. The Morgan fingerprint density at radius 1 is 0.458 bits per heavy atom. The third-order valence-electron chi connectivity index (χ3n) is 13.6. The van der Waals surface area contributed by atoms with Gasteiger partial charge < -0.3 is 4.57 Å². The largest absolute Gasteiger partial charge is 0.309 e. The zero-order valence-electron chi connectivity index (χ0n) is 27.1. The van der Waals surface area contributed by atoms with Crippen molar-refractivity contribution in [3.8, 4) is 39.1 Å². The van der Waals surface area contributed by atoms with Crippen molar-refractivity contribution in [3.63, 3.8) is 0 Å². The SMILES string of the molecule is c1ccc2c(c1)Cc1ccc(-c3ccc4c(c3)c3ccccc3n4-c3ccc4c(c3)C3(c5ccccc5-4)C4CC5CC(C4)CC3C5)cc1-2. The lowest BCUT2D eigenvalue weighted by atomic mass is 9.43. The van der Waals surface area contributed by atoms with Gasteiger partial charge in [-0.2, -0.15) is 0 Å². The van der Waals surface area contributed by atoms with E-state index in [9.17, 15) is 0 Å². The van der Waals surface area contributed by atoms with E-state index in [4.69, 9.17) is 0 Å². The second-order valence-corrected chi connectivity index (χ2v) is 15.7. The second kappa shape index (κ2) is 9.17. The van der Waals surface area contributed by atoms with E-state index in [0.717, 1.165) is 30.1 Å². The first kappa shape index (κ1) is 26.1. The van der Waals surface area contributed by atoms with Crippen LogP contribution in [0.1, 0.15) is 54.4 Å². The molecule has 0 unspecified atom stereocenters. The highest BCUT2D eigenvalue weighted by Gasteiger charge is 2.61. The molecular formula is C47H37N. The molecular weight excluding hydrogens is 579 g/mol. The molecule has 7 aromatic rings. The molecule has 230 valence electrons. The summed E-state index contributed by atoms with van der Waals surface area (Å²) in [6, 6.07) is 49.2. The van der Waals surface area contributed by atoms with Gasteiger partial charge in [-0.1, -0.05) is 91.0 Å². The van der Waals surface area contributed by atoms with Gasteiger partial charge in [0, 0.05) is 21.9 Å². The summed E-state index contributed by atoms with van der Waals surface area (Å²) < 4.78 is 2.56. The van der Waals surface area contributed by atoms with Crippen LogP contribution >= 0.6 is 0 Å². The van der Waals surface area contributed by atoms with Gasteiger partial charge in [-0.05, 0) is 154 Å². The van der Waals surface area contributed by atoms with Crippen LogP contribution in [0.5, 0.6) is 0 Å². The maximum Gasteiger partial charge on any atom is 0.0541 e. The van der Waals surface area contributed by atoms with E-state index in [1.165, 1.54) is 104 Å². The zero-order valence-corrected chi connectivity index (χ0v) is 27.1. The molecule has 6 aliphatic carbocycles. The van der Waals surface area contributed by atoms with Gasteiger partial charge >= 0.3 is 0 Å². The van der Waals surface area contributed by atoms with Crippen molar-refractivity contribution in [3.05, 3.63) is 150 Å². The lowest BCUT2D eigenvalue weighted by molar-refractivity contribution is -0.0399. The van der Waals surface area contributed by atoms with Crippen LogP contribution in [0.15, 0.2) is 127 Å². The predicted molar refractivity (Wildman–Crippen MR) is 198 cm³/mol. The van der Waals surface area contributed by atoms with Crippen molar-refractivity contribution in [1.82, 2.24) is 4.57 Å². The van der Waals surface area contributed by atoms with Gasteiger partial charge in [-0.3, -0.25) is 0 Å². The first-order valence-corrected chi connectivity index (χ1v) is 18.2. The molecule has 6 aliphatic rings. The smallest absolute Gasteiger partial charge is 0.0541 e. The Bertz CT molecular complexity index is 2480. The van der Waals surface area contributed by atoms with Crippen molar-refractivity contribution in [1.29, 1.82) is 0 Å². The van der Waals surface area contributed by atoms with Crippen LogP contribution in [-0.2, 0) is 11.8 Å². The number of fused-ring (bicyclic) bond motifs is 9. The number of benzene rings is 6. The average molecular weight is 616 g/mol. The molecule has 0 saturated heterocycles. The summed E-state index contributed by atoms with van der Waals surface area (Å²) in [5, 5.41) is 2.66. The molecule has 48 heavy (non-hydrogen) atoms. The van der Waals surface area contributed by atoms with E-state index in [1.807, 2.05) is 0 Å². The molecule has 1 heteroatoms. The zero-order chi connectivity index (χ0) is 31.1. The van der Waals surface area contributed by atoms with Crippen molar-refractivity contribution in [2.75, 3.05) is 0 Å². The Kier molecular flexibility index (Phi) is 4.99. The maximum absolute atomic E-state index is 2.63. The number of aromatic nitrogens is 1. The van der Waals surface area contributed by atoms with Crippen molar-refractivity contribution >= 4 is 21.8 Å². The molecule has 4 saturated carbocycles. The minimum absolute atomic E-state index is 0.174. The number of rotatable bonds is 2. The van der Waals surface area contributed by atoms with Gasteiger partial charge in [0.25, 0.3) is 0 Å². The minimum Gasteiger partial charge on any atom is -0.309 e. The average Bonchev–Trinajstić information content (AvgIpc) is 3.76. The van der Waals surface area contributed by atoms with Crippen LogP contribution in [0, 0.1) is 23.7 Å². The second-order valence-electron chi connectivity index (χ2n) is 15.7. The fraction of sp³-hybridized carbons (Fsp3) is 0.234. The first-order chi connectivity index (χ1) is 23.7. The van der Waals surface area contributed by atoms with Crippen LogP contribution in [0.3, 0.4) is 0 Å². The van der Waals surface area contributed by atoms with E-state index >= 15 is 0 Å². The summed E-state index contributed by atoms with van der Waals surface area (Å²) in [7, 11) is 0. The number of hydrogen-bond donors (Lipinski definition) is 0. The fourth-order valence-corrected chi connectivity index (χ4v) is 12.0. The molecule has 13 rings (SSSR count). The third kappa shape index (κ3) is 3.23. The Hall–Kier alpha value is -4.88. The van der Waals surface area contributed by atoms with Crippen molar-refractivity contribution < 1.29 is 0 Å². The Morgan fingerprint density at radius 3 is 2.00 bits per heavy atom. The molecule has 4 bridgehead atoms. The molecule has 6 aromatic carbocycles. The molecule has 1 aromatic heterocycles. The van der Waals surface area contributed by atoms with Crippen LogP contribution < -0.4 is 0 Å². The lowest BCUT2D eigenvalue weighted by Gasteiger charge is -2.61. The molecule has 0 N–H and O–H groups in total. The first-order valence-electron chi connectivity index (χ1n) is 18.2. The van der Waals surface area contributed by atoms with Crippen LogP contribution in [0.25, 0.3) is 60.9 Å². The van der Waals surface area contributed by atoms with E-state index in [-0.39, 0.29) is 5.41 Å². The van der Waals surface area contributed by atoms with E-state index < -0.39 is 0 Å². The van der Waals surface area contributed by atoms with Crippen molar-refractivity contribution in [2.45, 2.75) is 43.9 Å². The molecule has 0 atom stereocenters. The van der Waals surface area contributed by atoms with Crippen LogP contribution in [0.4, 0.5) is 0 Å². The summed E-state index contributed by atoms with van der Waals surface area (Å²) in [4.78, 5) is 0. The highest BCUT2D eigenvalue weighted by atomic mass is 15.0. The normalized spacial score (nSPS) is 25.5. The molecule has 0 amide bonds. The van der Waals surface area contributed by atoms with Gasteiger partial charge in [0.15, 0.2) is 0 Å². The van der Waals surface area contributed by atoms with Gasteiger partial charge in [0.2, 0.25) is 0 Å². The summed E-state index contributed by atoms with van der Waals surface area (Å²) in [6.45, 7) is 0. The van der Waals surface area contributed by atoms with Gasteiger partial charge in [0.05, 0.1) is 11.0 Å². The number of nitrogens with zero attached hydrogens (tertiary/aromatic N) is 1. The van der Waals surface area contributed by atoms with Crippen LogP contribution in [-0.4, -0.2) is 4.57 Å². The Morgan fingerprint density at radius 2 is 1.12 bits per heavy atom. The topological polar surface area (TPSA) is 4.93 Å². The summed E-state index contributed by atoms with van der Waals surface area (Å²) in [6.07, 6.45) is 8.18. The van der Waals surface area contributed by atoms with Crippen molar-refractivity contribution in [2.24, 2.45) is 23.7 Å². The number of hydrogen-bond acceptors (Lipinski definition) is 0.